The maximum atomic E-state index is 13.4. The number of benzene rings is 2. The van der Waals surface area contributed by atoms with Crippen LogP contribution < -0.4 is 16.4 Å². The first-order valence-corrected chi connectivity index (χ1v) is 11.6. The van der Waals surface area contributed by atoms with Crippen LogP contribution in [0.1, 0.15) is 50.8 Å². The summed E-state index contributed by atoms with van der Waals surface area (Å²) in [4.78, 5) is 40.6. The Morgan fingerprint density at radius 1 is 0.912 bits per heavy atom. The van der Waals surface area contributed by atoms with Crippen LogP contribution in [0.5, 0.6) is 0 Å². The van der Waals surface area contributed by atoms with Gasteiger partial charge in [0.15, 0.2) is 0 Å². The quantitative estimate of drug-likeness (QED) is 0.533. The predicted octanol–water partition coefficient (Wildman–Crippen LogP) is 2.79. The number of amides is 3. The molecule has 1 aliphatic heterocycles. The van der Waals surface area contributed by atoms with Crippen molar-refractivity contribution in [1.82, 2.24) is 15.5 Å². The summed E-state index contributed by atoms with van der Waals surface area (Å²) >= 11 is 0. The predicted molar refractivity (Wildman–Crippen MR) is 135 cm³/mol. The molecule has 3 atom stereocenters. The lowest BCUT2D eigenvalue weighted by atomic mass is 9.98. The average molecular weight is 487 g/mol. The van der Waals surface area contributed by atoms with Gasteiger partial charge in [0.25, 0.3) is 0 Å². The summed E-state index contributed by atoms with van der Waals surface area (Å²) in [5, 5.41) is 5.92. The van der Waals surface area contributed by atoms with Gasteiger partial charge in [0.1, 0.15) is 12.1 Å². The molecule has 2 aromatic rings. The molecular weight excluding hydrogens is 452 g/mol. The van der Waals surface area contributed by atoms with Crippen LogP contribution in [0.2, 0.25) is 0 Å². The Balaban J connectivity index is 0.00000408. The van der Waals surface area contributed by atoms with Crippen LogP contribution >= 0.6 is 12.4 Å². The largest absolute Gasteiger partial charge is 0.343 e. The number of nitrogens with two attached hydrogens (primary N) is 1. The molecule has 0 radical (unpaired) electrons. The van der Waals surface area contributed by atoms with Gasteiger partial charge in [-0.2, -0.15) is 0 Å². The molecule has 184 valence electrons. The van der Waals surface area contributed by atoms with Crippen LogP contribution in [0.25, 0.3) is 0 Å². The highest BCUT2D eigenvalue weighted by Crippen LogP contribution is 2.25. The van der Waals surface area contributed by atoms with Crippen LogP contribution in [0.15, 0.2) is 60.7 Å². The first-order valence-electron chi connectivity index (χ1n) is 11.6. The van der Waals surface area contributed by atoms with Gasteiger partial charge in [-0.25, -0.2) is 0 Å². The Morgan fingerprint density at radius 2 is 1.44 bits per heavy atom. The maximum absolute atomic E-state index is 13.4. The second-order valence-electron chi connectivity index (χ2n) is 8.97. The van der Waals surface area contributed by atoms with E-state index in [1.54, 1.807) is 11.8 Å². The number of carbonyl (C=O) groups is 3. The van der Waals surface area contributed by atoms with E-state index in [0.29, 0.717) is 13.0 Å². The normalized spacial score (nSPS) is 17.1. The minimum atomic E-state index is -0.726. The van der Waals surface area contributed by atoms with Crippen molar-refractivity contribution < 1.29 is 14.4 Å². The number of nitrogens with one attached hydrogen (secondary N) is 2. The molecule has 1 aliphatic rings. The van der Waals surface area contributed by atoms with Crippen LogP contribution in [0.3, 0.4) is 0 Å². The topological polar surface area (TPSA) is 105 Å². The minimum absolute atomic E-state index is 0. The van der Waals surface area contributed by atoms with Gasteiger partial charge in [-0.1, -0.05) is 74.5 Å². The second kappa shape index (κ2) is 12.5. The molecule has 1 saturated heterocycles. The summed E-state index contributed by atoms with van der Waals surface area (Å²) in [6.45, 7) is 5.80. The number of rotatable bonds is 8. The highest BCUT2D eigenvalue weighted by molar-refractivity contribution is 5.93. The lowest BCUT2D eigenvalue weighted by Crippen LogP contribution is -2.57. The third-order valence-electron chi connectivity index (χ3n) is 6.03. The van der Waals surface area contributed by atoms with E-state index in [1.165, 1.54) is 0 Å². The molecule has 0 bridgehead atoms. The second-order valence-corrected chi connectivity index (χ2v) is 8.97. The van der Waals surface area contributed by atoms with Crippen molar-refractivity contribution in [2.75, 3.05) is 6.54 Å². The van der Waals surface area contributed by atoms with Crippen molar-refractivity contribution in [3.8, 4) is 0 Å². The number of likely N-dealkylation sites (tertiary alicyclic amines) is 1. The van der Waals surface area contributed by atoms with Gasteiger partial charge in [0, 0.05) is 6.54 Å². The van der Waals surface area contributed by atoms with E-state index in [9.17, 15) is 14.4 Å². The minimum Gasteiger partial charge on any atom is -0.343 e. The molecule has 0 saturated carbocycles. The van der Waals surface area contributed by atoms with Crippen molar-refractivity contribution in [2.24, 2.45) is 11.7 Å². The molecule has 1 heterocycles. The Hall–Kier alpha value is -2.90. The molecule has 3 amide bonds. The van der Waals surface area contributed by atoms with E-state index >= 15 is 0 Å². The summed E-state index contributed by atoms with van der Waals surface area (Å²) in [6, 6.07) is 17.2. The zero-order chi connectivity index (χ0) is 24.0. The van der Waals surface area contributed by atoms with Crippen LogP contribution in [0.4, 0.5) is 0 Å². The molecule has 34 heavy (non-hydrogen) atoms. The third kappa shape index (κ3) is 6.58. The highest BCUT2D eigenvalue weighted by atomic mass is 35.5. The molecular formula is C26H35ClN4O3. The molecule has 0 aromatic heterocycles. The zero-order valence-electron chi connectivity index (χ0n) is 19.9. The van der Waals surface area contributed by atoms with Crippen LogP contribution in [-0.4, -0.2) is 47.3 Å². The Bertz CT molecular complexity index is 914. The fourth-order valence-corrected chi connectivity index (χ4v) is 4.17. The van der Waals surface area contributed by atoms with E-state index in [0.717, 1.165) is 17.5 Å². The SMILES string of the molecule is CC(C)[C@H](NC(=O)[C@H](C)N)C(=O)N1CCC[C@H]1C(=O)NC(c1ccccc1)c1ccccc1.Cl. The monoisotopic (exact) mass is 486 g/mol. The zero-order valence-corrected chi connectivity index (χ0v) is 20.8. The van der Waals surface area contributed by atoms with Crippen molar-refractivity contribution >= 4 is 30.1 Å². The lowest BCUT2D eigenvalue weighted by molar-refractivity contribution is -0.142. The molecule has 0 unspecified atom stereocenters. The average Bonchev–Trinajstić information content (AvgIpc) is 3.31. The van der Waals surface area contributed by atoms with Crippen molar-refractivity contribution in [3.63, 3.8) is 0 Å². The summed E-state index contributed by atoms with van der Waals surface area (Å²) in [6.07, 6.45) is 1.32. The summed E-state index contributed by atoms with van der Waals surface area (Å²) in [7, 11) is 0. The maximum Gasteiger partial charge on any atom is 0.246 e. The van der Waals surface area contributed by atoms with E-state index in [2.05, 4.69) is 10.6 Å². The number of halogens is 1. The molecule has 2 aromatic carbocycles. The van der Waals surface area contributed by atoms with Crippen molar-refractivity contribution in [2.45, 2.75) is 57.8 Å². The van der Waals surface area contributed by atoms with E-state index in [1.807, 2.05) is 74.5 Å². The number of hydrogen-bond donors (Lipinski definition) is 3. The van der Waals surface area contributed by atoms with Gasteiger partial charge in [0.05, 0.1) is 12.1 Å². The van der Waals surface area contributed by atoms with Gasteiger partial charge in [-0.05, 0) is 36.8 Å². The lowest BCUT2D eigenvalue weighted by Gasteiger charge is -2.32. The summed E-state index contributed by atoms with van der Waals surface area (Å²) in [5.74, 6) is -0.950. The summed E-state index contributed by atoms with van der Waals surface area (Å²) < 4.78 is 0. The van der Waals surface area contributed by atoms with E-state index in [-0.39, 0.29) is 42.1 Å². The molecule has 1 fully saturated rings. The number of hydrogen-bond acceptors (Lipinski definition) is 4. The molecule has 0 spiro atoms. The van der Waals surface area contributed by atoms with Crippen molar-refractivity contribution in [1.29, 1.82) is 0 Å². The van der Waals surface area contributed by atoms with Gasteiger partial charge in [0.2, 0.25) is 17.7 Å². The number of nitrogens with zero attached hydrogens (tertiary/aromatic N) is 1. The molecule has 3 rings (SSSR count). The van der Waals surface area contributed by atoms with E-state index in [4.69, 9.17) is 5.73 Å². The number of carbonyl (C=O) groups excluding carboxylic acids is 3. The van der Waals surface area contributed by atoms with E-state index < -0.39 is 18.1 Å². The Kier molecular flexibility index (Phi) is 10.1. The van der Waals surface area contributed by atoms with Crippen LogP contribution in [-0.2, 0) is 14.4 Å². The van der Waals surface area contributed by atoms with Crippen molar-refractivity contribution in [3.05, 3.63) is 71.8 Å². The molecule has 0 aliphatic carbocycles. The molecule has 8 heteroatoms. The standard InChI is InChI=1S/C26H34N4O3.ClH/c1-17(2)22(28-24(31)18(3)27)26(33)30-16-10-15-21(30)25(32)29-23(19-11-6-4-7-12-19)20-13-8-5-9-14-20;/h4-9,11-14,17-18,21-23H,10,15-16,27H2,1-3H3,(H,28,31)(H,29,32);1H/t18-,21-,22-;/m0./s1. The van der Waals surface area contributed by atoms with Gasteiger partial charge < -0.3 is 21.3 Å². The Morgan fingerprint density at radius 3 is 1.91 bits per heavy atom. The van der Waals surface area contributed by atoms with Gasteiger partial charge in [-0.15, -0.1) is 12.4 Å². The van der Waals surface area contributed by atoms with Gasteiger partial charge >= 0.3 is 0 Å². The first kappa shape index (κ1) is 27.3. The Labute approximate surface area is 207 Å². The fraction of sp³-hybridized carbons (Fsp3) is 0.423. The smallest absolute Gasteiger partial charge is 0.246 e. The highest BCUT2D eigenvalue weighted by Gasteiger charge is 2.39. The fourth-order valence-electron chi connectivity index (χ4n) is 4.17. The van der Waals surface area contributed by atoms with Crippen LogP contribution in [0, 0.1) is 5.92 Å². The van der Waals surface area contributed by atoms with Gasteiger partial charge in [-0.3, -0.25) is 14.4 Å². The molecule has 4 N–H and O–H groups in total. The summed E-state index contributed by atoms with van der Waals surface area (Å²) in [5.41, 5.74) is 7.62. The third-order valence-corrected chi connectivity index (χ3v) is 6.03. The molecule has 7 nitrogen and oxygen atoms in total. The first-order chi connectivity index (χ1) is 15.8.